The van der Waals surface area contributed by atoms with Crippen LogP contribution in [0.25, 0.3) is 0 Å². The molecule has 0 unspecified atom stereocenters. The van der Waals surface area contributed by atoms with E-state index < -0.39 is 11.9 Å². The molecule has 6 heteroatoms. The van der Waals surface area contributed by atoms with Crippen molar-refractivity contribution in [2.24, 2.45) is 0 Å². The second kappa shape index (κ2) is 4.48. The molecule has 92 valence electrons. The van der Waals surface area contributed by atoms with Crippen molar-refractivity contribution in [2.75, 3.05) is 36.8 Å². The Morgan fingerprint density at radius 2 is 1.94 bits per heavy atom. The number of nitrogens with zero attached hydrogens (tertiary/aromatic N) is 2. The van der Waals surface area contributed by atoms with Gasteiger partial charge in [-0.2, -0.15) is 0 Å². The summed E-state index contributed by atoms with van der Waals surface area (Å²) in [4.78, 5) is 14.0. The van der Waals surface area contributed by atoms with E-state index in [1.807, 2.05) is 4.90 Å². The average molecular weight is 239 g/mol. The van der Waals surface area contributed by atoms with E-state index >= 15 is 0 Å². The van der Waals surface area contributed by atoms with Crippen LogP contribution >= 0.6 is 0 Å². The van der Waals surface area contributed by atoms with E-state index in [1.165, 1.54) is 17.0 Å². The fourth-order valence-corrected chi connectivity index (χ4v) is 1.87. The highest BCUT2D eigenvalue weighted by Gasteiger charge is 2.20. The van der Waals surface area contributed by atoms with Crippen molar-refractivity contribution in [3.05, 3.63) is 24.0 Å². The predicted octanol–water partition coefficient (Wildman–Crippen LogP) is 1.21. The minimum absolute atomic E-state index is 0.123. The summed E-state index contributed by atoms with van der Waals surface area (Å²) in [5.41, 5.74) is 6.26. The molecule has 1 amide bonds. The lowest BCUT2D eigenvalue weighted by Gasteiger charge is -2.34. The fourth-order valence-electron chi connectivity index (χ4n) is 1.87. The second-order valence-corrected chi connectivity index (χ2v) is 3.96. The molecule has 0 radical (unpaired) electrons. The van der Waals surface area contributed by atoms with Crippen molar-refractivity contribution in [3.63, 3.8) is 0 Å². The van der Waals surface area contributed by atoms with Gasteiger partial charge in [-0.25, -0.2) is 9.18 Å². The first kappa shape index (κ1) is 11.5. The molecule has 5 nitrogen and oxygen atoms in total. The molecule has 0 saturated carbocycles. The van der Waals surface area contributed by atoms with Crippen LogP contribution in [0.2, 0.25) is 0 Å². The zero-order valence-corrected chi connectivity index (χ0v) is 9.27. The van der Waals surface area contributed by atoms with Gasteiger partial charge in [-0.15, -0.1) is 0 Å². The van der Waals surface area contributed by atoms with Crippen LogP contribution in [0.3, 0.4) is 0 Å². The number of piperazine rings is 1. The summed E-state index contributed by atoms with van der Waals surface area (Å²) in [5.74, 6) is -0.442. The number of halogens is 1. The average Bonchev–Trinajstić information content (AvgIpc) is 2.33. The van der Waals surface area contributed by atoms with Gasteiger partial charge in [0.1, 0.15) is 5.82 Å². The number of anilines is 2. The molecule has 0 aromatic heterocycles. The van der Waals surface area contributed by atoms with Gasteiger partial charge >= 0.3 is 6.09 Å². The van der Waals surface area contributed by atoms with E-state index in [0.29, 0.717) is 26.2 Å². The molecule has 1 aromatic carbocycles. The number of benzene rings is 1. The molecule has 0 aliphatic carbocycles. The molecule has 1 aliphatic rings. The molecule has 2 rings (SSSR count). The minimum Gasteiger partial charge on any atom is -0.465 e. The van der Waals surface area contributed by atoms with Gasteiger partial charge in [0.05, 0.1) is 5.69 Å². The number of nitrogens with two attached hydrogens (primary N) is 1. The Hall–Kier alpha value is -1.98. The first-order valence-corrected chi connectivity index (χ1v) is 5.36. The summed E-state index contributed by atoms with van der Waals surface area (Å²) in [6.07, 6.45) is -0.909. The summed E-state index contributed by atoms with van der Waals surface area (Å²) in [7, 11) is 0. The lowest BCUT2D eigenvalue weighted by atomic mass is 10.2. The predicted molar refractivity (Wildman–Crippen MR) is 62.6 cm³/mol. The van der Waals surface area contributed by atoms with E-state index in [1.54, 1.807) is 6.07 Å². The monoisotopic (exact) mass is 239 g/mol. The molecule has 1 heterocycles. The summed E-state index contributed by atoms with van der Waals surface area (Å²) in [6, 6.07) is 4.65. The van der Waals surface area contributed by atoms with Crippen molar-refractivity contribution in [3.8, 4) is 0 Å². The van der Waals surface area contributed by atoms with Crippen LogP contribution in [0, 0.1) is 5.82 Å². The quantitative estimate of drug-likeness (QED) is 0.723. The molecule has 1 fully saturated rings. The Morgan fingerprint density at radius 3 is 2.47 bits per heavy atom. The molecule has 0 spiro atoms. The largest absolute Gasteiger partial charge is 0.465 e. The van der Waals surface area contributed by atoms with E-state index in [9.17, 15) is 9.18 Å². The Morgan fingerprint density at radius 1 is 1.29 bits per heavy atom. The van der Waals surface area contributed by atoms with Gasteiger partial charge in [0, 0.05) is 31.9 Å². The first-order valence-electron chi connectivity index (χ1n) is 5.36. The standard InChI is InChI=1S/C11H14FN3O2/c12-9-7-8(1-2-10(9)13)14-3-5-15(6-4-14)11(16)17/h1-2,7H,3-6,13H2,(H,16,17). The van der Waals surface area contributed by atoms with Crippen molar-refractivity contribution >= 4 is 17.5 Å². The van der Waals surface area contributed by atoms with Crippen molar-refractivity contribution in [1.29, 1.82) is 0 Å². The van der Waals surface area contributed by atoms with Crippen LogP contribution in [-0.2, 0) is 0 Å². The van der Waals surface area contributed by atoms with Crippen molar-refractivity contribution in [1.82, 2.24) is 4.90 Å². The van der Waals surface area contributed by atoms with Crippen LogP contribution in [-0.4, -0.2) is 42.3 Å². The highest BCUT2D eigenvalue weighted by Crippen LogP contribution is 2.21. The third-order valence-corrected chi connectivity index (χ3v) is 2.90. The highest BCUT2D eigenvalue weighted by molar-refractivity contribution is 5.65. The maximum Gasteiger partial charge on any atom is 0.407 e. The summed E-state index contributed by atoms with van der Waals surface area (Å²) < 4.78 is 13.3. The minimum atomic E-state index is -0.909. The Balaban J connectivity index is 2.05. The van der Waals surface area contributed by atoms with Crippen LogP contribution in [0.15, 0.2) is 18.2 Å². The van der Waals surface area contributed by atoms with Gasteiger partial charge in [0.25, 0.3) is 0 Å². The highest BCUT2D eigenvalue weighted by atomic mass is 19.1. The van der Waals surface area contributed by atoms with E-state index in [-0.39, 0.29) is 5.69 Å². The zero-order valence-electron chi connectivity index (χ0n) is 9.27. The molecule has 1 aromatic rings. The molecule has 1 saturated heterocycles. The maximum atomic E-state index is 13.3. The van der Waals surface area contributed by atoms with Gasteiger partial charge in [0.15, 0.2) is 0 Å². The molecule has 17 heavy (non-hydrogen) atoms. The van der Waals surface area contributed by atoms with Gasteiger partial charge in [-0.3, -0.25) is 0 Å². The topological polar surface area (TPSA) is 69.8 Å². The van der Waals surface area contributed by atoms with Crippen LogP contribution in [0.5, 0.6) is 0 Å². The summed E-state index contributed by atoms with van der Waals surface area (Å²) in [6.45, 7) is 1.99. The van der Waals surface area contributed by atoms with Crippen molar-refractivity contribution < 1.29 is 14.3 Å². The Labute approximate surface area is 98.2 Å². The first-order chi connectivity index (χ1) is 8.08. The lowest BCUT2D eigenvalue weighted by molar-refractivity contribution is 0.142. The van der Waals surface area contributed by atoms with Crippen LogP contribution < -0.4 is 10.6 Å². The summed E-state index contributed by atoms with van der Waals surface area (Å²) >= 11 is 0. The smallest absolute Gasteiger partial charge is 0.407 e. The van der Waals surface area contributed by atoms with E-state index in [4.69, 9.17) is 10.8 Å². The van der Waals surface area contributed by atoms with Crippen LogP contribution in [0.1, 0.15) is 0 Å². The number of carbonyl (C=O) groups is 1. The summed E-state index contributed by atoms with van der Waals surface area (Å²) in [5, 5.41) is 8.81. The molecule has 1 aliphatic heterocycles. The molecule has 3 N–H and O–H groups in total. The maximum absolute atomic E-state index is 13.3. The third kappa shape index (κ3) is 2.41. The molecular weight excluding hydrogens is 225 g/mol. The normalized spacial score (nSPS) is 16.1. The molecular formula is C11H14FN3O2. The van der Waals surface area contributed by atoms with Gasteiger partial charge < -0.3 is 20.6 Å². The molecule has 0 bridgehead atoms. The third-order valence-electron chi connectivity index (χ3n) is 2.90. The van der Waals surface area contributed by atoms with Crippen molar-refractivity contribution in [2.45, 2.75) is 0 Å². The number of rotatable bonds is 1. The zero-order chi connectivity index (χ0) is 12.4. The number of carboxylic acid groups (broad SMARTS) is 1. The second-order valence-electron chi connectivity index (χ2n) is 3.96. The number of hydrogen-bond donors (Lipinski definition) is 2. The SMILES string of the molecule is Nc1ccc(N2CCN(C(=O)O)CC2)cc1F. The molecule has 0 atom stereocenters. The number of hydrogen-bond acceptors (Lipinski definition) is 3. The van der Waals surface area contributed by atoms with Crippen LogP contribution in [0.4, 0.5) is 20.6 Å². The van der Waals surface area contributed by atoms with E-state index in [2.05, 4.69) is 0 Å². The Bertz CT molecular complexity index is 431. The fraction of sp³-hybridized carbons (Fsp3) is 0.364. The number of amides is 1. The number of nitrogen functional groups attached to an aromatic ring is 1. The van der Waals surface area contributed by atoms with Gasteiger partial charge in [0.2, 0.25) is 0 Å². The van der Waals surface area contributed by atoms with Gasteiger partial charge in [-0.05, 0) is 18.2 Å². The Kier molecular flexibility index (Phi) is 3.03. The lowest BCUT2D eigenvalue weighted by Crippen LogP contribution is -2.48. The van der Waals surface area contributed by atoms with E-state index in [0.717, 1.165) is 5.69 Å². The van der Waals surface area contributed by atoms with Gasteiger partial charge in [-0.1, -0.05) is 0 Å².